The molecule has 0 atom stereocenters. The number of nitrogens with zero attached hydrogens (tertiary/aromatic N) is 3. The molecule has 0 rings (SSSR count). The van der Waals surface area contributed by atoms with E-state index in [2.05, 4.69) is 27.8 Å². The smallest absolute Gasteiger partial charge is 0.0987 e. The lowest BCUT2D eigenvalue weighted by Crippen LogP contribution is -2.72. The largest absolute Gasteiger partial charge is 0.325 e. The molecule has 7 heteroatoms. The maximum Gasteiger partial charge on any atom is 0.0987 e. The number of nitrogens with two attached hydrogens (primary N) is 1. The van der Waals surface area contributed by atoms with Crippen LogP contribution in [0.5, 0.6) is 0 Å². The van der Waals surface area contributed by atoms with Gasteiger partial charge in [-0.15, -0.1) is 16.9 Å². The van der Waals surface area contributed by atoms with Gasteiger partial charge >= 0.3 is 0 Å². The van der Waals surface area contributed by atoms with Crippen LogP contribution in [-0.4, -0.2) is 32.0 Å². The van der Waals surface area contributed by atoms with Crippen LogP contribution in [0.3, 0.4) is 0 Å². The van der Waals surface area contributed by atoms with Gasteiger partial charge in [0.05, 0.1) is 24.8 Å². The van der Waals surface area contributed by atoms with Gasteiger partial charge < -0.3 is 10.7 Å². The lowest BCUT2D eigenvalue weighted by atomic mass is 10.2. The fourth-order valence-corrected chi connectivity index (χ4v) is 1.64. The van der Waals surface area contributed by atoms with E-state index in [0.29, 0.717) is 5.70 Å². The van der Waals surface area contributed by atoms with Crippen LogP contribution in [0, 0.1) is 0 Å². The first-order valence-electron chi connectivity index (χ1n) is 6.74. The first kappa shape index (κ1) is 19.4. The van der Waals surface area contributed by atoms with Gasteiger partial charge in [-0.1, -0.05) is 24.0 Å². The summed E-state index contributed by atoms with van der Waals surface area (Å²) in [6.07, 6.45) is 8.68. The summed E-state index contributed by atoms with van der Waals surface area (Å²) in [5.41, 5.74) is 8.04. The third-order valence-corrected chi connectivity index (χ3v) is 2.78. The van der Waals surface area contributed by atoms with Crippen molar-refractivity contribution in [3.8, 4) is 0 Å². The molecule has 0 fully saturated rings. The standard InChI is InChI=1S/C14H26N6S/c1-6-14(18-16-12-21-11-10-15-3)9-7-8-13(2)17-19-20(4)5/h6-8,10-11,15-16,18H,2,9,12H2,1,3-5H3/p+1/b8-7-,11-10-,14-6+,19-17?. The highest BCUT2D eigenvalue weighted by molar-refractivity contribution is 8.02. The Kier molecular flexibility index (Phi) is 12.4. The van der Waals surface area contributed by atoms with Crippen LogP contribution in [0.15, 0.2) is 58.1 Å². The first-order valence-corrected chi connectivity index (χ1v) is 7.79. The van der Waals surface area contributed by atoms with Crippen molar-refractivity contribution in [2.45, 2.75) is 13.3 Å². The Balaban J connectivity index is 3.94. The zero-order chi connectivity index (χ0) is 15.9. The van der Waals surface area contributed by atoms with E-state index in [9.17, 15) is 0 Å². The minimum Gasteiger partial charge on any atom is -0.325 e. The summed E-state index contributed by atoms with van der Waals surface area (Å²) >= 11 is 1.69. The molecule has 0 bridgehead atoms. The summed E-state index contributed by atoms with van der Waals surface area (Å²) in [6, 6.07) is 0. The van der Waals surface area contributed by atoms with Crippen LogP contribution in [-0.2, 0) is 0 Å². The van der Waals surface area contributed by atoms with Crippen LogP contribution in [0.1, 0.15) is 13.3 Å². The van der Waals surface area contributed by atoms with E-state index < -0.39 is 0 Å². The average Bonchev–Trinajstić information content (AvgIpc) is 2.46. The van der Waals surface area contributed by atoms with Gasteiger partial charge in [0.1, 0.15) is 0 Å². The predicted molar refractivity (Wildman–Crippen MR) is 90.9 cm³/mol. The highest BCUT2D eigenvalue weighted by atomic mass is 32.2. The summed E-state index contributed by atoms with van der Waals surface area (Å²) in [6.45, 7) is 5.81. The zero-order valence-corrected chi connectivity index (χ0v) is 14.2. The van der Waals surface area contributed by atoms with Crippen LogP contribution < -0.4 is 16.2 Å². The number of rotatable bonds is 11. The number of thioether (sulfide) groups is 1. The Labute approximate surface area is 132 Å². The summed E-state index contributed by atoms with van der Waals surface area (Å²) in [5.74, 6) is 0.801. The van der Waals surface area contributed by atoms with Crippen LogP contribution in [0.4, 0.5) is 0 Å². The maximum atomic E-state index is 3.95. The van der Waals surface area contributed by atoms with Crippen LogP contribution in [0.2, 0.25) is 0 Å². The van der Waals surface area contributed by atoms with Crippen molar-refractivity contribution in [2.24, 2.45) is 10.3 Å². The molecule has 0 aliphatic carbocycles. The van der Waals surface area contributed by atoms with Crippen LogP contribution in [0.25, 0.3) is 0 Å². The molecule has 118 valence electrons. The Bertz CT molecular complexity index is 398. The topological polar surface area (TPSA) is 68.6 Å². The number of allylic oxidation sites excluding steroid dienone is 3. The van der Waals surface area contributed by atoms with Crippen molar-refractivity contribution in [1.29, 1.82) is 0 Å². The molecule has 0 unspecified atom stereocenters. The van der Waals surface area contributed by atoms with Gasteiger partial charge in [-0.2, -0.15) is 0 Å². The summed E-state index contributed by atoms with van der Waals surface area (Å²) in [4.78, 5) is 0. The van der Waals surface area contributed by atoms with Gasteiger partial charge in [0, 0.05) is 31.6 Å². The molecular weight excluding hydrogens is 284 g/mol. The monoisotopic (exact) mass is 311 g/mol. The Morgan fingerprint density at radius 2 is 2.19 bits per heavy atom. The van der Waals surface area contributed by atoms with Crippen LogP contribution >= 0.6 is 11.8 Å². The molecule has 0 aromatic heterocycles. The summed E-state index contributed by atoms with van der Waals surface area (Å²) < 4.78 is 0. The Hall–Kier alpha value is -1.57. The lowest BCUT2D eigenvalue weighted by Gasteiger charge is -2.09. The number of quaternary nitrogens is 1. The van der Waals surface area contributed by atoms with E-state index >= 15 is 0 Å². The fourth-order valence-electron chi connectivity index (χ4n) is 1.12. The van der Waals surface area contributed by atoms with E-state index in [4.69, 9.17) is 0 Å². The molecule has 0 aliphatic heterocycles. The quantitative estimate of drug-likeness (QED) is 0.179. The number of hydrogen-bond acceptors (Lipinski definition) is 5. The molecular formula is C14H27N6S+. The normalized spacial score (nSPS) is 12.7. The predicted octanol–water partition coefficient (Wildman–Crippen LogP) is 1.73. The second-order valence-electron chi connectivity index (χ2n) is 4.22. The second-order valence-corrected chi connectivity index (χ2v) is 5.12. The molecule has 0 aromatic rings. The van der Waals surface area contributed by atoms with Crippen molar-refractivity contribution < 1.29 is 5.32 Å². The minimum atomic E-state index is 0.628. The molecule has 6 nitrogen and oxygen atoms in total. The van der Waals surface area contributed by atoms with Crippen molar-refractivity contribution in [3.63, 3.8) is 0 Å². The maximum absolute atomic E-state index is 3.95. The van der Waals surface area contributed by atoms with E-state index in [0.717, 1.165) is 18.0 Å². The van der Waals surface area contributed by atoms with Crippen molar-refractivity contribution in [3.05, 3.63) is 47.8 Å². The third kappa shape index (κ3) is 13.2. The first-order chi connectivity index (χ1) is 10.1. The Morgan fingerprint density at radius 1 is 1.43 bits per heavy atom. The van der Waals surface area contributed by atoms with Gasteiger partial charge in [-0.3, -0.25) is 5.01 Å². The molecule has 0 saturated heterocycles. The van der Waals surface area contributed by atoms with E-state index in [-0.39, 0.29) is 0 Å². The van der Waals surface area contributed by atoms with Crippen molar-refractivity contribution >= 4 is 11.8 Å². The summed E-state index contributed by atoms with van der Waals surface area (Å²) in [5, 5.41) is 13.5. The molecule has 0 aliphatic rings. The van der Waals surface area contributed by atoms with Gasteiger partial charge in [0.2, 0.25) is 0 Å². The van der Waals surface area contributed by atoms with Crippen molar-refractivity contribution in [1.82, 2.24) is 15.9 Å². The number of nitrogens with one attached hydrogen (secondary N) is 2. The highest BCUT2D eigenvalue weighted by Gasteiger charge is 1.92. The third-order valence-electron chi connectivity index (χ3n) is 2.12. The average molecular weight is 311 g/mol. The minimum absolute atomic E-state index is 0.628. The van der Waals surface area contributed by atoms with Crippen molar-refractivity contribution in [2.75, 3.05) is 27.0 Å². The molecule has 0 spiro atoms. The molecule has 4 N–H and O–H groups in total. The van der Waals surface area contributed by atoms with E-state index in [1.807, 2.05) is 63.2 Å². The second kappa shape index (κ2) is 13.4. The number of hydrogen-bond donors (Lipinski definition) is 3. The molecule has 21 heavy (non-hydrogen) atoms. The fraction of sp³-hybridized carbons (Fsp3) is 0.429. The molecule has 0 saturated carbocycles. The highest BCUT2D eigenvalue weighted by Crippen LogP contribution is 2.03. The van der Waals surface area contributed by atoms with Gasteiger partial charge in [-0.25, -0.2) is 5.43 Å². The molecule has 0 aromatic carbocycles. The summed E-state index contributed by atoms with van der Waals surface area (Å²) in [7, 11) is 5.64. The van der Waals surface area contributed by atoms with Gasteiger partial charge in [-0.05, 0) is 13.0 Å². The lowest BCUT2D eigenvalue weighted by molar-refractivity contribution is -0.556. The van der Waals surface area contributed by atoms with E-state index in [1.54, 1.807) is 16.8 Å². The SMILES string of the molecule is C=C(/C=C\C/C(=C\C)NNCS/C=C\[NH2+]C)N=NN(C)C. The number of hydrazine groups is 1. The Morgan fingerprint density at radius 3 is 2.81 bits per heavy atom. The zero-order valence-electron chi connectivity index (χ0n) is 13.3. The van der Waals surface area contributed by atoms with Gasteiger partial charge in [0.25, 0.3) is 0 Å². The molecule has 0 radical (unpaired) electrons. The molecule has 0 heterocycles. The molecule has 0 amide bonds. The van der Waals surface area contributed by atoms with E-state index in [1.165, 1.54) is 0 Å². The van der Waals surface area contributed by atoms with Gasteiger partial charge in [0.15, 0.2) is 0 Å².